The van der Waals surface area contributed by atoms with Gasteiger partial charge in [0.1, 0.15) is 5.82 Å². The number of halogens is 1. The Morgan fingerprint density at radius 1 is 1.16 bits per heavy atom. The van der Waals surface area contributed by atoms with Crippen LogP contribution in [0.3, 0.4) is 0 Å². The normalized spacial score (nSPS) is 10.5. The molecule has 0 amide bonds. The van der Waals surface area contributed by atoms with Crippen LogP contribution < -0.4 is 0 Å². The second-order valence-electron chi connectivity index (χ2n) is 4.25. The monoisotopic (exact) mass is 274 g/mol. The lowest BCUT2D eigenvalue weighted by Crippen LogP contribution is -2.04. The van der Waals surface area contributed by atoms with Gasteiger partial charge in [0, 0.05) is 16.0 Å². The van der Waals surface area contributed by atoms with Gasteiger partial charge in [0.05, 0.1) is 0 Å². The third kappa shape index (κ3) is 3.24. The van der Waals surface area contributed by atoms with Crippen LogP contribution in [0.25, 0.3) is 0 Å². The number of carbonyl (C=O) groups excluding carboxylic acids is 1. The zero-order valence-corrected chi connectivity index (χ0v) is 11.8. The molecule has 0 spiro atoms. The van der Waals surface area contributed by atoms with Gasteiger partial charge in [0.25, 0.3) is 0 Å². The maximum absolute atomic E-state index is 13.2. The van der Waals surface area contributed by atoms with E-state index in [1.807, 2.05) is 19.1 Å². The molecule has 0 saturated heterocycles. The van der Waals surface area contributed by atoms with Crippen LogP contribution >= 0.6 is 11.8 Å². The first-order chi connectivity index (χ1) is 9.11. The standard InChI is InChI=1S/C16H15FOS/c1-3-19-14-8-5-12(6-9-14)16(18)15-10-13(17)7-4-11(15)2/h4-10H,3H2,1-2H3. The van der Waals surface area contributed by atoms with E-state index < -0.39 is 0 Å². The molecule has 0 aliphatic heterocycles. The summed E-state index contributed by atoms with van der Waals surface area (Å²) < 4.78 is 13.2. The minimum absolute atomic E-state index is 0.134. The summed E-state index contributed by atoms with van der Waals surface area (Å²) >= 11 is 1.73. The number of ketones is 1. The van der Waals surface area contributed by atoms with Crippen molar-refractivity contribution < 1.29 is 9.18 Å². The second kappa shape index (κ2) is 6.02. The van der Waals surface area contributed by atoms with Crippen molar-refractivity contribution in [1.82, 2.24) is 0 Å². The molecule has 0 aliphatic rings. The van der Waals surface area contributed by atoms with E-state index in [0.29, 0.717) is 11.1 Å². The third-order valence-corrected chi connectivity index (χ3v) is 3.77. The first kappa shape index (κ1) is 13.8. The molecule has 0 N–H and O–H groups in total. The van der Waals surface area contributed by atoms with E-state index >= 15 is 0 Å². The summed E-state index contributed by atoms with van der Waals surface area (Å²) in [6, 6.07) is 11.7. The molecule has 3 heteroatoms. The molecule has 0 unspecified atom stereocenters. The largest absolute Gasteiger partial charge is 0.289 e. The topological polar surface area (TPSA) is 17.1 Å². The van der Waals surface area contributed by atoms with Crippen LogP contribution in [0, 0.1) is 12.7 Å². The summed E-state index contributed by atoms with van der Waals surface area (Å²) in [6.07, 6.45) is 0. The Labute approximate surface area is 116 Å². The van der Waals surface area contributed by atoms with Crippen molar-refractivity contribution in [2.75, 3.05) is 5.75 Å². The van der Waals surface area contributed by atoms with E-state index in [1.165, 1.54) is 12.1 Å². The van der Waals surface area contributed by atoms with Crippen molar-refractivity contribution in [3.63, 3.8) is 0 Å². The number of thioether (sulfide) groups is 1. The molecule has 0 aromatic heterocycles. The molecule has 0 saturated carbocycles. The number of hydrogen-bond acceptors (Lipinski definition) is 2. The average Bonchev–Trinajstić information content (AvgIpc) is 2.42. The quantitative estimate of drug-likeness (QED) is 0.604. The van der Waals surface area contributed by atoms with Gasteiger partial charge in [0.15, 0.2) is 5.78 Å². The maximum Gasteiger partial charge on any atom is 0.193 e. The highest BCUT2D eigenvalue weighted by atomic mass is 32.2. The summed E-state index contributed by atoms with van der Waals surface area (Å²) in [5.74, 6) is 0.480. The molecule has 98 valence electrons. The minimum atomic E-state index is -0.382. The molecule has 19 heavy (non-hydrogen) atoms. The van der Waals surface area contributed by atoms with E-state index in [1.54, 1.807) is 30.0 Å². The zero-order chi connectivity index (χ0) is 13.8. The van der Waals surface area contributed by atoms with Gasteiger partial charge >= 0.3 is 0 Å². The summed E-state index contributed by atoms with van der Waals surface area (Å²) in [7, 11) is 0. The van der Waals surface area contributed by atoms with Crippen LogP contribution in [0.1, 0.15) is 28.4 Å². The fourth-order valence-electron chi connectivity index (χ4n) is 1.86. The molecule has 2 aromatic rings. The van der Waals surface area contributed by atoms with Crippen molar-refractivity contribution in [1.29, 1.82) is 0 Å². The second-order valence-corrected chi connectivity index (χ2v) is 5.58. The molecular weight excluding hydrogens is 259 g/mol. The number of carbonyl (C=O) groups is 1. The first-order valence-electron chi connectivity index (χ1n) is 6.15. The minimum Gasteiger partial charge on any atom is -0.289 e. The number of benzene rings is 2. The highest BCUT2D eigenvalue weighted by Crippen LogP contribution is 2.20. The summed E-state index contributed by atoms with van der Waals surface area (Å²) in [6.45, 7) is 3.90. The predicted molar refractivity (Wildman–Crippen MR) is 77.4 cm³/mol. The van der Waals surface area contributed by atoms with Crippen LogP contribution in [-0.2, 0) is 0 Å². The molecule has 0 bridgehead atoms. The molecular formula is C16H15FOS. The Bertz CT molecular complexity index is 590. The Balaban J connectivity index is 2.30. The lowest BCUT2D eigenvalue weighted by atomic mass is 9.99. The van der Waals surface area contributed by atoms with Gasteiger partial charge in [0.2, 0.25) is 0 Å². The molecule has 0 atom stereocenters. The molecule has 0 heterocycles. The zero-order valence-electron chi connectivity index (χ0n) is 10.9. The van der Waals surface area contributed by atoms with Crippen molar-refractivity contribution in [3.8, 4) is 0 Å². The maximum atomic E-state index is 13.2. The van der Waals surface area contributed by atoms with Crippen LogP contribution in [0.2, 0.25) is 0 Å². The third-order valence-electron chi connectivity index (χ3n) is 2.87. The molecule has 0 fully saturated rings. The summed E-state index contributed by atoms with van der Waals surface area (Å²) in [5.41, 5.74) is 1.81. The average molecular weight is 274 g/mol. The molecule has 0 aliphatic carbocycles. The highest BCUT2D eigenvalue weighted by Gasteiger charge is 2.12. The van der Waals surface area contributed by atoms with Gasteiger partial charge in [-0.25, -0.2) is 4.39 Å². The fourth-order valence-corrected chi connectivity index (χ4v) is 2.53. The van der Waals surface area contributed by atoms with Crippen molar-refractivity contribution >= 4 is 17.5 Å². The number of aryl methyl sites for hydroxylation is 1. The van der Waals surface area contributed by atoms with Crippen LogP contribution in [0.4, 0.5) is 4.39 Å². The van der Waals surface area contributed by atoms with Crippen LogP contribution in [0.15, 0.2) is 47.4 Å². The molecule has 2 rings (SSSR count). The van der Waals surface area contributed by atoms with E-state index in [4.69, 9.17) is 0 Å². The summed E-state index contributed by atoms with van der Waals surface area (Å²) in [4.78, 5) is 13.4. The SMILES string of the molecule is CCSc1ccc(C(=O)c2cc(F)ccc2C)cc1. The van der Waals surface area contributed by atoms with Crippen molar-refractivity contribution in [2.24, 2.45) is 0 Å². The van der Waals surface area contributed by atoms with Gasteiger partial charge < -0.3 is 0 Å². The Hall–Kier alpha value is -1.61. The Morgan fingerprint density at radius 3 is 2.47 bits per heavy atom. The molecule has 0 radical (unpaired) electrons. The predicted octanol–water partition coefficient (Wildman–Crippen LogP) is 4.48. The first-order valence-corrected chi connectivity index (χ1v) is 7.14. The molecule has 1 nitrogen and oxygen atoms in total. The van der Waals surface area contributed by atoms with E-state index in [-0.39, 0.29) is 11.6 Å². The lowest BCUT2D eigenvalue weighted by molar-refractivity contribution is 0.103. The molecule has 2 aromatic carbocycles. The van der Waals surface area contributed by atoms with Gasteiger partial charge in [-0.3, -0.25) is 4.79 Å². The van der Waals surface area contributed by atoms with E-state index in [0.717, 1.165) is 16.2 Å². The van der Waals surface area contributed by atoms with Gasteiger partial charge in [-0.1, -0.05) is 13.0 Å². The smallest absolute Gasteiger partial charge is 0.193 e. The van der Waals surface area contributed by atoms with Gasteiger partial charge in [-0.2, -0.15) is 0 Å². The van der Waals surface area contributed by atoms with E-state index in [9.17, 15) is 9.18 Å². The van der Waals surface area contributed by atoms with Crippen LogP contribution in [0.5, 0.6) is 0 Å². The number of hydrogen-bond donors (Lipinski definition) is 0. The fraction of sp³-hybridized carbons (Fsp3) is 0.188. The highest BCUT2D eigenvalue weighted by molar-refractivity contribution is 7.99. The van der Waals surface area contributed by atoms with Gasteiger partial charge in [-0.15, -0.1) is 11.8 Å². The van der Waals surface area contributed by atoms with Crippen LogP contribution in [-0.4, -0.2) is 11.5 Å². The van der Waals surface area contributed by atoms with Crippen molar-refractivity contribution in [2.45, 2.75) is 18.7 Å². The summed E-state index contributed by atoms with van der Waals surface area (Å²) in [5, 5.41) is 0. The Morgan fingerprint density at radius 2 is 1.84 bits per heavy atom. The van der Waals surface area contributed by atoms with Gasteiger partial charge in [-0.05, 0) is 54.6 Å². The lowest BCUT2D eigenvalue weighted by Gasteiger charge is -2.06. The number of rotatable bonds is 4. The Kier molecular flexibility index (Phi) is 4.38. The van der Waals surface area contributed by atoms with Crippen molar-refractivity contribution in [3.05, 3.63) is 65.0 Å². The van der Waals surface area contributed by atoms with E-state index in [2.05, 4.69) is 6.92 Å².